The summed E-state index contributed by atoms with van der Waals surface area (Å²) in [6.07, 6.45) is 1.72. The van der Waals surface area contributed by atoms with Gasteiger partial charge in [-0.1, -0.05) is 48.5 Å². The minimum Gasteiger partial charge on any atom is -0.396 e. The maximum absolute atomic E-state index is 8.96. The molecule has 0 spiro atoms. The van der Waals surface area contributed by atoms with E-state index < -0.39 is 0 Å². The average molecular weight is 303 g/mol. The van der Waals surface area contributed by atoms with Crippen LogP contribution in [-0.4, -0.2) is 11.7 Å². The topological polar surface area (TPSA) is 23.5 Å². The molecule has 0 amide bonds. The molecule has 0 aliphatic heterocycles. The minimum atomic E-state index is 0.238. The first-order chi connectivity index (χ1) is 11.4. The minimum absolute atomic E-state index is 0.238. The highest BCUT2D eigenvalue weighted by Crippen LogP contribution is 2.34. The van der Waals surface area contributed by atoms with E-state index in [9.17, 15) is 0 Å². The molecule has 0 unspecified atom stereocenters. The lowest BCUT2D eigenvalue weighted by atomic mass is 10.1. The van der Waals surface area contributed by atoms with Gasteiger partial charge in [-0.15, -0.1) is 0 Å². The smallest absolute Gasteiger partial charge is 0.0461 e. The van der Waals surface area contributed by atoms with Crippen molar-refractivity contribution in [3.8, 4) is 0 Å². The molecule has 0 bridgehead atoms. The van der Waals surface area contributed by atoms with Gasteiger partial charge in [0.05, 0.1) is 0 Å². The van der Waals surface area contributed by atoms with Gasteiger partial charge in [-0.05, 0) is 54.8 Å². The number of anilines is 3. The van der Waals surface area contributed by atoms with Gasteiger partial charge in [0.15, 0.2) is 0 Å². The van der Waals surface area contributed by atoms with Crippen LogP contribution in [0.25, 0.3) is 0 Å². The Labute approximate surface area is 137 Å². The first-order valence-corrected chi connectivity index (χ1v) is 7.98. The maximum Gasteiger partial charge on any atom is 0.0461 e. The van der Waals surface area contributed by atoms with Gasteiger partial charge in [0.1, 0.15) is 0 Å². The van der Waals surface area contributed by atoms with E-state index in [2.05, 4.69) is 77.7 Å². The number of hydrogen-bond acceptors (Lipinski definition) is 2. The van der Waals surface area contributed by atoms with Gasteiger partial charge in [-0.25, -0.2) is 0 Å². The van der Waals surface area contributed by atoms with Gasteiger partial charge in [0.25, 0.3) is 0 Å². The van der Waals surface area contributed by atoms with Crippen LogP contribution < -0.4 is 4.90 Å². The van der Waals surface area contributed by atoms with Crippen LogP contribution in [0.5, 0.6) is 0 Å². The molecule has 1 N–H and O–H groups in total. The lowest BCUT2D eigenvalue weighted by molar-refractivity contribution is 0.288. The molecule has 0 saturated carbocycles. The van der Waals surface area contributed by atoms with Crippen LogP contribution in [0, 0.1) is 0 Å². The Balaban J connectivity index is 1.96. The highest BCUT2D eigenvalue weighted by Gasteiger charge is 2.11. The number of rotatable bonds is 6. The van der Waals surface area contributed by atoms with Crippen molar-refractivity contribution in [1.82, 2.24) is 0 Å². The Morgan fingerprint density at radius 3 is 1.57 bits per heavy atom. The second kappa shape index (κ2) is 7.61. The molecule has 0 heterocycles. The molecule has 3 rings (SSSR count). The van der Waals surface area contributed by atoms with Gasteiger partial charge in [-0.2, -0.15) is 0 Å². The third kappa shape index (κ3) is 3.79. The number of benzene rings is 3. The maximum atomic E-state index is 8.96. The summed E-state index contributed by atoms with van der Waals surface area (Å²) in [4.78, 5) is 2.25. The van der Waals surface area contributed by atoms with Gasteiger partial charge < -0.3 is 10.0 Å². The molecule has 0 radical (unpaired) electrons. The number of para-hydroxylation sites is 2. The van der Waals surface area contributed by atoms with Gasteiger partial charge in [-0.3, -0.25) is 0 Å². The van der Waals surface area contributed by atoms with E-state index in [-0.39, 0.29) is 6.61 Å². The Bertz CT molecular complexity index is 668. The zero-order chi connectivity index (χ0) is 15.9. The summed E-state index contributed by atoms with van der Waals surface area (Å²) in [7, 11) is 0. The molecule has 3 aromatic carbocycles. The van der Waals surface area contributed by atoms with E-state index in [0.29, 0.717) is 0 Å². The van der Waals surface area contributed by atoms with Crippen LogP contribution in [0.2, 0.25) is 0 Å². The lowest BCUT2D eigenvalue weighted by Gasteiger charge is -2.25. The fraction of sp³-hybridized carbons (Fsp3) is 0.143. The molecule has 3 aromatic rings. The number of hydrogen-bond donors (Lipinski definition) is 1. The second-order valence-corrected chi connectivity index (χ2v) is 5.50. The molecule has 2 nitrogen and oxygen atoms in total. The van der Waals surface area contributed by atoms with Crippen molar-refractivity contribution in [2.45, 2.75) is 12.8 Å². The van der Waals surface area contributed by atoms with Gasteiger partial charge >= 0.3 is 0 Å². The normalized spacial score (nSPS) is 10.5. The Morgan fingerprint density at radius 2 is 1.09 bits per heavy atom. The average Bonchev–Trinajstić information content (AvgIpc) is 2.63. The van der Waals surface area contributed by atoms with E-state index >= 15 is 0 Å². The zero-order valence-electron chi connectivity index (χ0n) is 13.1. The first kappa shape index (κ1) is 15.3. The molecular formula is C21H21NO. The summed E-state index contributed by atoms with van der Waals surface area (Å²) >= 11 is 0. The van der Waals surface area contributed by atoms with Crippen molar-refractivity contribution in [2.24, 2.45) is 0 Å². The molecule has 23 heavy (non-hydrogen) atoms. The molecule has 0 aromatic heterocycles. The van der Waals surface area contributed by atoms with E-state index in [1.807, 2.05) is 12.1 Å². The van der Waals surface area contributed by atoms with Crippen LogP contribution in [-0.2, 0) is 6.42 Å². The molecule has 0 fully saturated rings. The van der Waals surface area contributed by atoms with E-state index in [4.69, 9.17) is 5.11 Å². The Hall–Kier alpha value is -2.58. The molecular weight excluding hydrogens is 282 g/mol. The predicted octanol–water partition coefficient (Wildman–Crippen LogP) is 5.08. The highest BCUT2D eigenvalue weighted by atomic mass is 16.2. The van der Waals surface area contributed by atoms with Crippen molar-refractivity contribution >= 4 is 17.1 Å². The van der Waals surface area contributed by atoms with E-state index in [1.54, 1.807) is 0 Å². The molecule has 116 valence electrons. The van der Waals surface area contributed by atoms with Gasteiger partial charge in [0, 0.05) is 23.7 Å². The molecule has 0 aliphatic carbocycles. The van der Waals surface area contributed by atoms with Gasteiger partial charge in [0.2, 0.25) is 0 Å². The standard InChI is InChI=1S/C21H21NO/c23-17-7-8-18-13-15-21(16-14-18)22(19-9-3-1-4-10-19)20-11-5-2-6-12-20/h1-6,9-16,23H,7-8,17H2. The second-order valence-electron chi connectivity index (χ2n) is 5.50. The third-order valence-electron chi connectivity index (χ3n) is 3.85. The third-order valence-corrected chi connectivity index (χ3v) is 3.85. The Kier molecular flexibility index (Phi) is 5.07. The lowest BCUT2D eigenvalue weighted by Crippen LogP contribution is -2.09. The zero-order valence-corrected chi connectivity index (χ0v) is 13.1. The van der Waals surface area contributed by atoms with Crippen LogP contribution in [0.15, 0.2) is 84.9 Å². The van der Waals surface area contributed by atoms with Crippen LogP contribution >= 0.6 is 0 Å². The van der Waals surface area contributed by atoms with Crippen molar-refractivity contribution in [2.75, 3.05) is 11.5 Å². The molecule has 0 saturated heterocycles. The van der Waals surface area contributed by atoms with Crippen molar-refractivity contribution < 1.29 is 5.11 Å². The summed E-state index contributed by atoms with van der Waals surface area (Å²) < 4.78 is 0. The SMILES string of the molecule is OCCCc1ccc(N(c2ccccc2)c2ccccc2)cc1. The van der Waals surface area contributed by atoms with Crippen LogP contribution in [0.4, 0.5) is 17.1 Å². The van der Waals surface area contributed by atoms with Crippen LogP contribution in [0.1, 0.15) is 12.0 Å². The number of aryl methyl sites for hydroxylation is 1. The van der Waals surface area contributed by atoms with E-state index in [0.717, 1.165) is 29.9 Å². The first-order valence-electron chi connectivity index (χ1n) is 7.98. The summed E-state index contributed by atoms with van der Waals surface area (Å²) in [6, 6.07) is 29.3. The summed E-state index contributed by atoms with van der Waals surface area (Å²) in [5, 5.41) is 8.96. The molecule has 0 aliphatic rings. The number of aliphatic hydroxyl groups is 1. The van der Waals surface area contributed by atoms with Crippen molar-refractivity contribution in [3.05, 3.63) is 90.5 Å². The fourth-order valence-electron chi connectivity index (χ4n) is 2.70. The van der Waals surface area contributed by atoms with E-state index in [1.165, 1.54) is 5.56 Å². The highest BCUT2D eigenvalue weighted by molar-refractivity contribution is 5.76. The summed E-state index contributed by atoms with van der Waals surface area (Å²) in [6.45, 7) is 0.238. The largest absolute Gasteiger partial charge is 0.396 e. The monoisotopic (exact) mass is 303 g/mol. The fourth-order valence-corrected chi connectivity index (χ4v) is 2.70. The molecule has 0 atom stereocenters. The number of nitrogens with zero attached hydrogens (tertiary/aromatic N) is 1. The Morgan fingerprint density at radius 1 is 0.609 bits per heavy atom. The van der Waals surface area contributed by atoms with Crippen molar-refractivity contribution in [3.63, 3.8) is 0 Å². The predicted molar refractivity (Wildman–Crippen MR) is 96.5 cm³/mol. The van der Waals surface area contributed by atoms with Crippen LogP contribution in [0.3, 0.4) is 0 Å². The molecule has 2 heteroatoms. The van der Waals surface area contributed by atoms with Crippen molar-refractivity contribution in [1.29, 1.82) is 0 Å². The summed E-state index contributed by atoms with van der Waals surface area (Å²) in [5.41, 5.74) is 4.67. The quantitative estimate of drug-likeness (QED) is 0.686. The number of aliphatic hydroxyl groups excluding tert-OH is 1. The summed E-state index contributed by atoms with van der Waals surface area (Å²) in [5.74, 6) is 0.